The van der Waals surface area contributed by atoms with Gasteiger partial charge in [-0.15, -0.1) is 0 Å². The summed E-state index contributed by atoms with van der Waals surface area (Å²) in [4.78, 5) is 23.0. The summed E-state index contributed by atoms with van der Waals surface area (Å²) in [5, 5.41) is 5.57. The number of rotatable bonds is 4. The van der Waals surface area contributed by atoms with Crippen molar-refractivity contribution in [3.63, 3.8) is 0 Å². The largest absolute Gasteiger partial charge is 0.364 e. The molecule has 1 aliphatic rings. The Bertz CT molecular complexity index is 1250. The molecule has 0 saturated heterocycles. The molecule has 0 radical (unpaired) electrons. The number of anilines is 2. The molecular weight excluding hydrogens is 350 g/mol. The number of imidazole rings is 1. The predicted molar refractivity (Wildman–Crippen MR) is 109 cm³/mol. The third kappa shape index (κ3) is 2.87. The van der Waals surface area contributed by atoms with E-state index in [0.29, 0.717) is 12.2 Å². The van der Waals surface area contributed by atoms with Gasteiger partial charge in [0.2, 0.25) is 0 Å². The highest BCUT2D eigenvalue weighted by Crippen LogP contribution is 2.20. The van der Waals surface area contributed by atoms with Gasteiger partial charge in [-0.3, -0.25) is 4.99 Å². The highest BCUT2D eigenvalue weighted by molar-refractivity contribution is 5.82. The van der Waals surface area contributed by atoms with Crippen LogP contribution in [0, 0.1) is 6.92 Å². The first kappa shape index (κ1) is 16.4. The molecule has 4 aromatic rings. The molecule has 5 rings (SSSR count). The van der Waals surface area contributed by atoms with Gasteiger partial charge in [0.05, 0.1) is 18.2 Å². The number of hydrogen-bond donors (Lipinski definition) is 2. The number of aromatic amines is 1. The van der Waals surface area contributed by atoms with Gasteiger partial charge in [-0.1, -0.05) is 30.3 Å². The molecule has 0 fully saturated rings. The fourth-order valence-corrected chi connectivity index (χ4v) is 3.47. The lowest BCUT2D eigenvalue weighted by Crippen LogP contribution is -2.46. The quantitative estimate of drug-likeness (QED) is 0.575. The van der Waals surface area contributed by atoms with E-state index in [1.165, 1.54) is 11.9 Å². The Balaban J connectivity index is 1.53. The van der Waals surface area contributed by atoms with Gasteiger partial charge in [0.1, 0.15) is 18.0 Å². The smallest absolute Gasteiger partial charge is 0.182 e. The van der Waals surface area contributed by atoms with Crippen molar-refractivity contribution in [1.29, 1.82) is 0 Å². The molecule has 0 saturated carbocycles. The van der Waals surface area contributed by atoms with Crippen molar-refractivity contribution in [1.82, 2.24) is 19.9 Å². The lowest BCUT2D eigenvalue weighted by Gasteiger charge is -2.30. The maximum absolute atomic E-state index is 5.01. The summed E-state index contributed by atoms with van der Waals surface area (Å²) in [5.41, 5.74) is 3.75. The van der Waals surface area contributed by atoms with Crippen molar-refractivity contribution in [2.24, 2.45) is 4.99 Å². The van der Waals surface area contributed by atoms with Gasteiger partial charge >= 0.3 is 0 Å². The average molecular weight is 369 g/mol. The van der Waals surface area contributed by atoms with Crippen LogP contribution in [0.3, 0.4) is 0 Å². The number of hydrogen-bond acceptors (Lipinski definition) is 6. The Morgan fingerprint density at radius 2 is 1.93 bits per heavy atom. The summed E-state index contributed by atoms with van der Waals surface area (Å²) in [7, 11) is 0. The Morgan fingerprint density at radius 3 is 2.82 bits per heavy atom. The number of nitrogens with zero attached hydrogens (tertiary/aromatic N) is 5. The first-order valence-corrected chi connectivity index (χ1v) is 9.16. The zero-order valence-electron chi connectivity index (χ0n) is 15.4. The SMILES string of the molecule is Cc1cccc2c1=CN(c1ccccc1)C(CNc1ncnc3nc[nH]c13)N=2. The zero-order valence-corrected chi connectivity index (χ0v) is 15.4. The minimum Gasteiger partial charge on any atom is -0.364 e. The van der Waals surface area contributed by atoms with E-state index in [1.807, 2.05) is 24.3 Å². The maximum Gasteiger partial charge on any atom is 0.182 e. The summed E-state index contributed by atoms with van der Waals surface area (Å²) in [6.45, 7) is 2.70. The van der Waals surface area contributed by atoms with Crippen molar-refractivity contribution < 1.29 is 0 Å². The molecule has 0 spiro atoms. The second-order valence-corrected chi connectivity index (χ2v) is 6.69. The minimum atomic E-state index is -0.107. The standard InChI is InChI=1S/C21H19N7/c1-14-6-5-9-17-16(14)11-28(15-7-3-2-4-8-15)18(27-17)10-22-20-19-21(24-12-23-19)26-13-25-20/h2-9,11-13,18H,10H2,1H3,(H2,22,23,24,25,26). The van der Waals surface area contributed by atoms with Crippen LogP contribution in [0.15, 0.2) is 66.2 Å². The van der Waals surface area contributed by atoms with E-state index in [2.05, 4.69) is 67.5 Å². The molecule has 0 amide bonds. The van der Waals surface area contributed by atoms with E-state index in [4.69, 9.17) is 4.99 Å². The van der Waals surface area contributed by atoms with Crippen LogP contribution in [0.25, 0.3) is 17.4 Å². The molecule has 2 N–H and O–H groups in total. The molecule has 28 heavy (non-hydrogen) atoms. The fraction of sp³-hybridized carbons (Fsp3) is 0.143. The van der Waals surface area contributed by atoms with Crippen LogP contribution in [0.2, 0.25) is 0 Å². The maximum atomic E-state index is 5.01. The van der Waals surface area contributed by atoms with Gasteiger partial charge < -0.3 is 15.2 Å². The van der Waals surface area contributed by atoms with Gasteiger partial charge in [0, 0.05) is 17.1 Å². The molecule has 0 bridgehead atoms. The van der Waals surface area contributed by atoms with Crippen molar-refractivity contribution in [2.45, 2.75) is 13.1 Å². The van der Waals surface area contributed by atoms with E-state index >= 15 is 0 Å². The van der Waals surface area contributed by atoms with E-state index in [-0.39, 0.29) is 6.17 Å². The normalized spacial score (nSPS) is 15.6. The van der Waals surface area contributed by atoms with E-state index < -0.39 is 0 Å². The van der Waals surface area contributed by atoms with Crippen molar-refractivity contribution >= 4 is 28.9 Å². The molecule has 7 heteroatoms. The third-order valence-electron chi connectivity index (χ3n) is 4.91. The fourth-order valence-electron chi connectivity index (χ4n) is 3.47. The molecule has 138 valence electrons. The highest BCUT2D eigenvalue weighted by Gasteiger charge is 2.20. The molecule has 2 aromatic heterocycles. The summed E-state index contributed by atoms with van der Waals surface area (Å²) in [5.74, 6) is 0.723. The Labute approximate surface area is 161 Å². The summed E-state index contributed by atoms with van der Waals surface area (Å²) in [6.07, 6.45) is 5.22. The van der Waals surface area contributed by atoms with Gasteiger partial charge in [-0.05, 0) is 30.7 Å². The number of nitrogens with one attached hydrogen (secondary N) is 2. The monoisotopic (exact) mass is 369 g/mol. The van der Waals surface area contributed by atoms with Crippen molar-refractivity contribution in [3.05, 3.63) is 77.3 Å². The molecule has 0 aliphatic carbocycles. The molecule has 1 aliphatic heterocycles. The van der Waals surface area contributed by atoms with E-state index in [9.17, 15) is 0 Å². The highest BCUT2D eigenvalue weighted by atomic mass is 15.3. The zero-order chi connectivity index (χ0) is 18.9. The molecule has 7 nitrogen and oxygen atoms in total. The van der Waals surface area contributed by atoms with Crippen LogP contribution in [-0.4, -0.2) is 32.6 Å². The lowest BCUT2D eigenvalue weighted by atomic mass is 10.1. The molecule has 1 atom stereocenters. The summed E-state index contributed by atoms with van der Waals surface area (Å²) in [6, 6.07) is 16.5. The Hall–Kier alpha value is -3.74. The van der Waals surface area contributed by atoms with Gasteiger partial charge in [-0.25, -0.2) is 15.0 Å². The third-order valence-corrected chi connectivity index (χ3v) is 4.91. The minimum absolute atomic E-state index is 0.107. The van der Waals surface area contributed by atoms with Crippen LogP contribution in [0.5, 0.6) is 0 Å². The Morgan fingerprint density at radius 1 is 1.04 bits per heavy atom. The number of H-pyrrole nitrogens is 1. The van der Waals surface area contributed by atoms with Crippen LogP contribution in [0.1, 0.15) is 5.56 Å². The van der Waals surface area contributed by atoms with Crippen LogP contribution in [-0.2, 0) is 0 Å². The number of benzene rings is 2. The van der Waals surface area contributed by atoms with Crippen molar-refractivity contribution in [2.75, 3.05) is 16.8 Å². The topological polar surface area (TPSA) is 82.1 Å². The van der Waals surface area contributed by atoms with Crippen molar-refractivity contribution in [3.8, 4) is 0 Å². The first-order valence-electron chi connectivity index (χ1n) is 9.16. The second-order valence-electron chi connectivity index (χ2n) is 6.69. The van der Waals surface area contributed by atoms with Crippen LogP contribution < -0.4 is 20.8 Å². The van der Waals surface area contributed by atoms with Gasteiger partial charge in [-0.2, -0.15) is 0 Å². The molecular formula is C21H19N7. The summed E-state index contributed by atoms with van der Waals surface area (Å²) < 4.78 is 0. The number of para-hydroxylation sites is 1. The first-order chi connectivity index (χ1) is 13.8. The number of aromatic nitrogens is 4. The van der Waals surface area contributed by atoms with Gasteiger partial charge in [0.25, 0.3) is 0 Å². The van der Waals surface area contributed by atoms with Crippen LogP contribution in [0.4, 0.5) is 11.5 Å². The van der Waals surface area contributed by atoms with E-state index in [0.717, 1.165) is 27.6 Å². The summed E-state index contributed by atoms with van der Waals surface area (Å²) >= 11 is 0. The van der Waals surface area contributed by atoms with E-state index in [1.54, 1.807) is 6.33 Å². The second kappa shape index (κ2) is 6.77. The number of fused-ring (bicyclic) bond motifs is 2. The van der Waals surface area contributed by atoms with Crippen LogP contribution >= 0.6 is 0 Å². The lowest BCUT2D eigenvalue weighted by molar-refractivity contribution is 0.691. The molecule has 2 aromatic carbocycles. The average Bonchev–Trinajstić information content (AvgIpc) is 3.22. The Kier molecular flexibility index (Phi) is 3.97. The number of aryl methyl sites for hydroxylation is 1. The van der Waals surface area contributed by atoms with Gasteiger partial charge in [0.15, 0.2) is 11.5 Å². The molecule has 3 heterocycles. The predicted octanol–water partition coefficient (Wildman–Crippen LogP) is 1.98. The molecule has 1 unspecified atom stereocenters.